The number of fused-ring (bicyclic) bond motifs is 1. The Morgan fingerprint density at radius 2 is 2.08 bits per heavy atom. The molecular formula is C20H27N3O2. The first-order valence-electron chi connectivity index (χ1n) is 9.24. The van der Waals surface area contributed by atoms with E-state index in [9.17, 15) is 9.59 Å². The zero-order valence-electron chi connectivity index (χ0n) is 15.4. The number of aromatic nitrogens is 2. The molecule has 1 aromatic carbocycles. The number of rotatable bonds is 5. The molecule has 3 rings (SSSR count). The largest absolute Gasteiger partial charge is 0.339 e. The number of aryl methyl sites for hydroxylation is 1. The maximum absolute atomic E-state index is 12.7. The molecule has 1 aliphatic rings. The zero-order chi connectivity index (χ0) is 18.0. The lowest BCUT2D eigenvalue weighted by Crippen LogP contribution is -2.38. The summed E-state index contributed by atoms with van der Waals surface area (Å²) >= 11 is 0. The predicted molar refractivity (Wildman–Crippen MR) is 99.5 cm³/mol. The fourth-order valence-corrected chi connectivity index (χ4v) is 3.87. The summed E-state index contributed by atoms with van der Waals surface area (Å²) in [5, 5.41) is 0.638. The van der Waals surface area contributed by atoms with Gasteiger partial charge in [0.1, 0.15) is 5.82 Å². The standard InChI is InChI=1S/C20H27N3O2/c1-14(2)18-10-6-13-23(18)19(24)11-7-12-22-15(3)21-17-9-5-4-8-16(17)20(22)25/h4-5,8-9,14,18H,6-7,10-13H2,1-3H3/t18-/m1/s1. The molecule has 2 heterocycles. The Bertz CT molecular complexity index is 825. The molecule has 1 fully saturated rings. The molecule has 1 atom stereocenters. The van der Waals surface area contributed by atoms with E-state index in [0.717, 1.165) is 24.9 Å². The van der Waals surface area contributed by atoms with Gasteiger partial charge in [-0.05, 0) is 44.2 Å². The van der Waals surface area contributed by atoms with Crippen LogP contribution in [0.15, 0.2) is 29.1 Å². The van der Waals surface area contributed by atoms with Crippen LogP contribution >= 0.6 is 0 Å². The van der Waals surface area contributed by atoms with Crippen molar-refractivity contribution in [3.63, 3.8) is 0 Å². The van der Waals surface area contributed by atoms with Crippen LogP contribution in [-0.4, -0.2) is 32.9 Å². The fourth-order valence-electron chi connectivity index (χ4n) is 3.87. The van der Waals surface area contributed by atoms with Gasteiger partial charge in [0.05, 0.1) is 10.9 Å². The smallest absolute Gasteiger partial charge is 0.261 e. The molecule has 0 spiro atoms. The van der Waals surface area contributed by atoms with Crippen molar-refractivity contribution in [2.24, 2.45) is 5.92 Å². The maximum atomic E-state index is 12.7. The van der Waals surface area contributed by atoms with Gasteiger partial charge in [0.2, 0.25) is 5.91 Å². The maximum Gasteiger partial charge on any atom is 0.261 e. The van der Waals surface area contributed by atoms with E-state index in [2.05, 4.69) is 18.8 Å². The third-order valence-electron chi connectivity index (χ3n) is 5.21. The summed E-state index contributed by atoms with van der Waals surface area (Å²) in [6.07, 6.45) is 3.36. The molecular weight excluding hydrogens is 314 g/mol. The molecule has 25 heavy (non-hydrogen) atoms. The van der Waals surface area contributed by atoms with Crippen LogP contribution < -0.4 is 5.56 Å². The minimum atomic E-state index is -0.0169. The van der Waals surface area contributed by atoms with Crippen molar-refractivity contribution >= 4 is 16.8 Å². The number of benzene rings is 1. The van der Waals surface area contributed by atoms with Crippen LogP contribution in [0.25, 0.3) is 10.9 Å². The second-order valence-corrected chi connectivity index (χ2v) is 7.28. The third kappa shape index (κ3) is 3.60. The summed E-state index contributed by atoms with van der Waals surface area (Å²) in [5.41, 5.74) is 0.714. The molecule has 1 aliphatic heterocycles. The fraction of sp³-hybridized carbons (Fsp3) is 0.550. The summed E-state index contributed by atoms with van der Waals surface area (Å²) in [7, 11) is 0. The Kier molecular flexibility index (Phi) is 5.21. The van der Waals surface area contributed by atoms with Crippen LogP contribution in [0.3, 0.4) is 0 Å². The van der Waals surface area contributed by atoms with E-state index in [0.29, 0.717) is 42.6 Å². The zero-order valence-corrected chi connectivity index (χ0v) is 15.4. The summed E-state index contributed by atoms with van der Waals surface area (Å²) in [5.74, 6) is 1.43. The Morgan fingerprint density at radius 3 is 2.84 bits per heavy atom. The Labute approximate surface area is 148 Å². The van der Waals surface area contributed by atoms with Gasteiger partial charge in [0.15, 0.2) is 0 Å². The van der Waals surface area contributed by atoms with Crippen molar-refractivity contribution in [3.05, 3.63) is 40.4 Å². The van der Waals surface area contributed by atoms with Gasteiger partial charge in [0, 0.05) is 25.6 Å². The van der Waals surface area contributed by atoms with Gasteiger partial charge in [-0.25, -0.2) is 4.98 Å². The minimum Gasteiger partial charge on any atom is -0.339 e. The summed E-state index contributed by atoms with van der Waals surface area (Å²) in [6.45, 7) is 7.62. The first kappa shape index (κ1) is 17.6. The van der Waals surface area contributed by atoms with Crippen LogP contribution in [0.4, 0.5) is 0 Å². The average Bonchev–Trinajstić information content (AvgIpc) is 3.08. The third-order valence-corrected chi connectivity index (χ3v) is 5.21. The number of carbonyl (C=O) groups excluding carboxylic acids is 1. The minimum absolute atomic E-state index is 0.0169. The van der Waals surface area contributed by atoms with Gasteiger partial charge in [0.25, 0.3) is 5.56 Å². The normalized spacial score (nSPS) is 17.6. The van der Waals surface area contributed by atoms with Gasteiger partial charge >= 0.3 is 0 Å². The van der Waals surface area contributed by atoms with Gasteiger partial charge < -0.3 is 4.90 Å². The Balaban J connectivity index is 1.67. The molecule has 134 valence electrons. The molecule has 1 saturated heterocycles. The monoisotopic (exact) mass is 341 g/mol. The van der Waals surface area contributed by atoms with E-state index < -0.39 is 0 Å². The number of nitrogens with zero attached hydrogens (tertiary/aromatic N) is 3. The molecule has 0 bridgehead atoms. The van der Waals surface area contributed by atoms with Crippen molar-refractivity contribution in [1.29, 1.82) is 0 Å². The number of amides is 1. The Hall–Kier alpha value is -2.17. The van der Waals surface area contributed by atoms with Gasteiger partial charge in [-0.3, -0.25) is 14.2 Å². The SMILES string of the molecule is Cc1nc2ccccc2c(=O)n1CCCC(=O)N1CCC[C@@H]1C(C)C. The van der Waals surface area contributed by atoms with Crippen LogP contribution in [0.1, 0.15) is 45.4 Å². The van der Waals surface area contributed by atoms with E-state index in [1.807, 2.05) is 36.1 Å². The molecule has 0 saturated carbocycles. The highest BCUT2D eigenvalue weighted by molar-refractivity contribution is 5.77. The highest BCUT2D eigenvalue weighted by atomic mass is 16.2. The van der Waals surface area contributed by atoms with Crippen molar-refractivity contribution in [1.82, 2.24) is 14.5 Å². The molecule has 0 unspecified atom stereocenters. The van der Waals surface area contributed by atoms with Crippen LogP contribution in [0, 0.1) is 12.8 Å². The summed E-state index contributed by atoms with van der Waals surface area (Å²) in [4.78, 5) is 31.8. The van der Waals surface area contributed by atoms with Gasteiger partial charge in [-0.15, -0.1) is 0 Å². The summed E-state index contributed by atoms with van der Waals surface area (Å²) in [6, 6.07) is 7.78. The van der Waals surface area contributed by atoms with Crippen molar-refractivity contribution in [3.8, 4) is 0 Å². The van der Waals surface area contributed by atoms with E-state index in [-0.39, 0.29) is 11.5 Å². The number of para-hydroxylation sites is 1. The van der Waals surface area contributed by atoms with Crippen LogP contribution in [-0.2, 0) is 11.3 Å². The lowest BCUT2D eigenvalue weighted by molar-refractivity contribution is -0.132. The van der Waals surface area contributed by atoms with Gasteiger partial charge in [-0.2, -0.15) is 0 Å². The molecule has 0 radical (unpaired) electrons. The lowest BCUT2D eigenvalue weighted by Gasteiger charge is -2.27. The highest BCUT2D eigenvalue weighted by Gasteiger charge is 2.30. The lowest BCUT2D eigenvalue weighted by atomic mass is 10.0. The molecule has 0 aliphatic carbocycles. The van der Waals surface area contributed by atoms with Crippen LogP contribution in [0.2, 0.25) is 0 Å². The van der Waals surface area contributed by atoms with E-state index in [1.165, 1.54) is 0 Å². The number of likely N-dealkylation sites (tertiary alicyclic amines) is 1. The number of hydrogen-bond donors (Lipinski definition) is 0. The van der Waals surface area contributed by atoms with E-state index >= 15 is 0 Å². The molecule has 5 heteroatoms. The molecule has 0 N–H and O–H groups in total. The molecule has 5 nitrogen and oxygen atoms in total. The Morgan fingerprint density at radius 1 is 1.32 bits per heavy atom. The van der Waals surface area contributed by atoms with Crippen molar-refractivity contribution in [2.75, 3.05) is 6.54 Å². The topological polar surface area (TPSA) is 55.2 Å². The quantitative estimate of drug-likeness (QED) is 0.839. The van der Waals surface area contributed by atoms with Gasteiger partial charge in [-0.1, -0.05) is 26.0 Å². The second-order valence-electron chi connectivity index (χ2n) is 7.28. The molecule has 1 amide bonds. The molecule has 2 aromatic rings. The molecule has 1 aromatic heterocycles. The highest BCUT2D eigenvalue weighted by Crippen LogP contribution is 2.24. The average molecular weight is 341 g/mol. The van der Waals surface area contributed by atoms with E-state index in [4.69, 9.17) is 0 Å². The van der Waals surface area contributed by atoms with Crippen molar-refractivity contribution in [2.45, 2.75) is 59.0 Å². The van der Waals surface area contributed by atoms with Crippen molar-refractivity contribution < 1.29 is 4.79 Å². The first-order valence-corrected chi connectivity index (χ1v) is 9.24. The van der Waals surface area contributed by atoms with E-state index in [1.54, 1.807) is 4.57 Å². The second kappa shape index (κ2) is 7.38. The number of hydrogen-bond acceptors (Lipinski definition) is 3. The predicted octanol–water partition coefficient (Wildman–Crippen LogP) is 3.13. The number of carbonyl (C=O) groups is 1. The van der Waals surface area contributed by atoms with Crippen LogP contribution in [0.5, 0.6) is 0 Å². The first-order chi connectivity index (χ1) is 12.0. The summed E-state index contributed by atoms with van der Waals surface area (Å²) < 4.78 is 1.69.